The van der Waals surface area contributed by atoms with Crippen LogP contribution in [0.5, 0.6) is 5.75 Å². The molecule has 0 spiro atoms. The maximum atomic E-state index is 12.9. The Bertz CT molecular complexity index is 1090. The molecule has 0 radical (unpaired) electrons. The van der Waals surface area contributed by atoms with Gasteiger partial charge in [-0.05, 0) is 48.9 Å². The van der Waals surface area contributed by atoms with Crippen LogP contribution < -0.4 is 10.1 Å². The van der Waals surface area contributed by atoms with Crippen LogP contribution in [-0.2, 0) is 0 Å². The number of nitrogens with zero attached hydrogens (tertiary/aromatic N) is 2. The van der Waals surface area contributed by atoms with E-state index in [4.69, 9.17) is 9.15 Å². The Hall–Kier alpha value is -3.93. The molecule has 0 saturated carbocycles. The smallest absolute Gasteiger partial charge is 0.252 e. The molecule has 0 aliphatic carbocycles. The molecule has 0 bridgehead atoms. The van der Waals surface area contributed by atoms with Crippen molar-refractivity contribution in [3.63, 3.8) is 0 Å². The molecule has 30 heavy (non-hydrogen) atoms. The first-order valence-corrected chi connectivity index (χ1v) is 9.72. The zero-order valence-corrected chi connectivity index (χ0v) is 16.5. The summed E-state index contributed by atoms with van der Waals surface area (Å²) in [6.07, 6.45) is 0. The van der Waals surface area contributed by atoms with Crippen molar-refractivity contribution in [2.45, 2.75) is 13.0 Å². The van der Waals surface area contributed by atoms with Crippen molar-refractivity contribution in [1.82, 2.24) is 15.5 Å². The Balaban J connectivity index is 1.61. The van der Waals surface area contributed by atoms with Gasteiger partial charge in [0.1, 0.15) is 11.8 Å². The van der Waals surface area contributed by atoms with Gasteiger partial charge in [0.05, 0.1) is 6.61 Å². The first kappa shape index (κ1) is 19.4. The second kappa shape index (κ2) is 9.05. The third kappa shape index (κ3) is 4.38. The third-order valence-electron chi connectivity index (χ3n) is 4.54. The molecule has 6 nitrogen and oxygen atoms in total. The van der Waals surface area contributed by atoms with Gasteiger partial charge < -0.3 is 14.5 Å². The standard InChI is InChI=1S/C24H21N3O3/c1-2-29-20-15-13-18(14-16-20)22(28)25-21(17-9-5-3-6-10-17)24-27-26-23(30-24)19-11-7-4-8-12-19/h3-16,21H,2H2,1H3,(H,25,28)/t21-/m1/s1. The summed E-state index contributed by atoms with van der Waals surface area (Å²) in [5, 5.41) is 11.4. The van der Waals surface area contributed by atoms with Crippen molar-refractivity contribution in [3.8, 4) is 17.2 Å². The molecule has 3 aromatic carbocycles. The van der Waals surface area contributed by atoms with Crippen LogP contribution in [0.1, 0.15) is 34.8 Å². The number of amides is 1. The number of ether oxygens (including phenoxy) is 1. The first-order valence-electron chi connectivity index (χ1n) is 9.72. The number of carbonyl (C=O) groups excluding carboxylic acids is 1. The third-order valence-corrected chi connectivity index (χ3v) is 4.54. The van der Waals surface area contributed by atoms with Crippen LogP contribution in [0.4, 0.5) is 0 Å². The Labute approximate surface area is 174 Å². The largest absolute Gasteiger partial charge is 0.494 e. The van der Waals surface area contributed by atoms with E-state index in [2.05, 4.69) is 15.5 Å². The predicted octanol–water partition coefficient (Wildman–Crippen LogP) is 4.65. The van der Waals surface area contributed by atoms with Gasteiger partial charge in [-0.3, -0.25) is 4.79 Å². The number of rotatable bonds is 7. The van der Waals surface area contributed by atoms with Crippen LogP contribution >= 0.6 is 0 Å². The molecule has 4 aromatic rings. The Morgan fingerprint density at radius 3 is 2.27 bits per heavy atom. The van der Waals surface area contributed by atoms with E-state index >= 15 is 0 Å². The fourth-order valence-electron chi connectivity index (χ4n) is 3.07. The molecule has 1 amide bonds. The van der Waals surface area contributed by atoms with Gasteiger partial charge in [-0.25, -0.2) is 0 Å². The minimum Gasteiger partial charge on any atom is -0.494 e. The zero-order chi connectivity index (χ0) is 20.8. The highest BCUT2D eigenvalue weighted by molar-refractivity contribution is 5.94. The molecule has 1 N–H and O–H groups in total. The number of hydrogen-bond acceptors (Lipinski definition) is 5. The second-order valence-corrected chi connectivity index (χ2v) is 6.59. The van der Waals surface area contributed by atoms with Gasteiger partial charge in [-0.15, -0.1) is 10.2 Å². The summed E-state index contributed by atoms with van der Waals surface area (Å²) in [5.74, 6) is 1.20. The minimum absolute atomic E-state index is 0.244. The molecule has 0 aliphatic heterocycles. The predicted molar refractivity (Wildman–Crippen MR) is 113 cm³/mol. The van der Waals surface area contributed by atoms with Gasteiger partial charge in [0, 0.05) is 11.1 Å². The average molecular weight is 399 g/mol. The van der Waals surface area contributed by atoms with Crippen molar-refractivity contribution in [1.29, 1.82) is 0 Å². The van der Waals surface area contributed by atoms with E-state index in [-0.39, 0.29) is 5.91 Å². The van der Waals surface area contributed by atoms with Crippen LogP contribution in [0.3, 0.4) is 0 Å². The van der Waals surface area contributed by atoms with E-state index in [1.807, 2.05) is 67.6 Å². The summed E-state index contributed by atoms with van der Waals surface area (Å²) >= 11 is 0. The number of benzene rings is 3. The highest BCUT2D eigenvalue weighted by Crippen LogP contribution is 2.25. The molecule has 1 heterocycles. The fraction of sp³-hybridized carbons (Fsp3) is 0.125. The lowest BCUT2D eigenvalue weighted by Gasteiger charge is -2.16. The molecule has 150 valence electrons. The summed E-state index contributed by atoms with van der Waals surface area (Å²) in [6.45, 7) is 2.49. The van der Waals surface area contributed by atoms with Crippen molar-refractivity contribution >= 4 is 5.91 Å². The van der Waals surface area contributed by atoms with Crippen LogP contribution in [0.25, 0.3) is 11.5 Å². The minimum atomic E-state index is -0.574. The molecule has 0 aliphatic rings. The lowest BCUT2D eigenvalue weighted by molar-refractivity contribution is 0.0938. The monoisotopic (exact) mass is 399 g/mol. The lowest BCUT2D eigenvalue weighted by atomic mass is 10.1. The molecular formula is C24H21N3O3. The van der Waals surface area contributed by atoms with Crippen LogP contribution in [0, 0.1) is 0 Å². The Kier molecular flexibility index (Phi) is 5.85. The maximum Gasteiger partial charge on any atom is 0.252 e. The summed E-state index contributed by atoms with van der Waals surface area (Å²) in [4.78, 5) is 12.9. The van der Waals surface area contributed by atoms with Gasteiger partial charge >= 0.3 is 0 Å². The SMILES string of the molecule is CCOc1ccc(C(=O)N[C@H](c2ccccc2)c2nnc(-c3ccccc3)o2)cc1. The van der Waals surface area contributed by atoms with Gasteiger partial charge in [-0.2, -0.15) is 0 Å². The molecule has 1 aromatic heterocycles. The summed E-state index contributed by atoms with van der Waals surface area (Å²) in [7, 11) is 0. The summed E-state index contributed by atoms with van der Waals surface area (Å²) < 4.78 is 11.4. The number of aromatic nitrogens is 2. The Morgan fingerprint density at radius 2 is 1.60 bits per heavy atom. The molecule has 0 fully saturated rings. The van der Waals surface area contributed by atoms with Gasteiger partial charge in [0.15, 0.2) is 0 Å². The lowest BCUT2D eigenvalue weighted by Crippen LogP contribution is -2.29. The number of nitrogens with one attached hydrogen (secondary N) is 1. The van der Waals surface area contributed by atoms with Crippen LogP contribution in [0.15, 0.2) is 89.3 Å². The molecule has 4 rings (SSSR count). The van der Waals surface area contributed by atoms with E-state index in [0.717, 1.165) is 16.9 Å². The van der Waals surface area contributed by atoms with Crippen molar-refractivity contribution in [3.05, 3.63) is 102 Å². The molecular weight excluding hydrogens is 378 g/mol. The molecule has 0 unspecified atom stereocenters. The zero-order valence-electron chi connectivity index (χ0n) is 16.5. The van der Waals surface area contributed by atoms with Crippen molar-refractivity contribution in [2.75, 3.05) is 6.61 Å². The van der Waals surface area contributed by atoms with Crippen LogP contribution in [0.2, 0.25) is 0 Å². The summed E-state index contributed by atoms with van der Waals surface area (Å²) in [6, 6.07) is 25.5. The van der Waals surface area contributed by atoms with E-state index < -0.39 is 6.04 Å². The van der Waals surface area contributed by atoms with Gasteiger partial charge in [0.2, 0.25) is 11.8 Å². The first-order chi connectivity index (χ1) is 14.7. The van der Waals surface area contributed by atoms with Crippen LogP contribution in [-0.4, -0.2) is 22.7 Å². The molecule has 0 saturated heterocycles. The van der Waals surface area contributed by atoms with Gasteiger partial charge in [0.25, 0.3) is 5.91 Å². The van der Waals surface area contributed by atoms with E-state index in [1.54, 1.807) is 24.3 Å². The van der Waals surface area contributed by atoms with E-state index in [9.17, 15) is 4.79 Å². The van der Waals surface area contributed by atoms with Gasteiger partial charge in [-0.1, -0.05) is 48.5 Å². The van der Waals surface area contributed by atoms with Crippen molar-refractivity contribution < 1.29 is 13.9 Å². The quantitative estimate of drug-likeness (QED) is 0.489. The molecule has 1 atom stereocenters. The second-order valence-electron chi connectivity index (χ2n) is 6.59. The fourth-order valence-corrected chi connectivity index (χ4v) is 3.07. The van der Waals surface area contributed by atoms with E-state index in [1.165, 1.54) is 0 Å². The highest BCUT2D eigenvalue weighted by Gasteiger charge is 2.24. The molecule has 6 heteroatoms. The van der Waals surface area contributed by atoms with Crippen molar-refractivity contribution in [2.24, 2.45) is 0 Å². The number of carbonyl (C=O) groups is 1. The van der Waals surface area contributed by atoms with E-state index in [0.29, 0.717) is 24.0 Å². The topological polar surface area (TPSA) is 77.2 Å². The number of hydrogen-bond donors (Lipinski definition) is 1. The highest BCUT2D eigenvalue weighted by atomic mass is 16.5. The normalized spacial score (nSPS) is 11.6. The maximum absolute atomic E-state index is 12.9. The average Bonchev–Trinajstić information content (AvgIpc) is 3.29. The Morgan fingerprint density at radius 1 is 0.933 bits per heavy atom. The summed E-state index contributed by atoms with van der Waals surface area (Å²) in [5.41, 5.74) is 2.18.